The Morgan fingerprint density at radius 3 is 0.512 bits per heavy atom. The largest absolute Gasteiger partial charge is 2.00 e. The number of nitrogens with one attached hydrogen (secondary N) is 4. The van der Waals surface area contributed by atoms with Crippen molar-refractivity contribution in [1.29, 1.82) is 0 Å². The van der Waals surface area contributed by atoms with Gasteiger partial charge in [0.25, 0.3) is 0 Å². The molecule has 4 N–H and O–H groups in total. The summed E-state index contributed by atoms with van der Waals surface area (Å²) in [6, 6.07) is 34.4. The molecular formula is C48H36N4O24S4U2-12. The molecule has 0 aliphatic carbocycles. The fourth-order valence-electron chi connectivity index (χ4n) is 5.73. The molecule has 4 aromatic carbocycles. The van der Waals surface area contributed by atoms with E-state index >= 15 is 0 Å². The van der Waals surface area contributed by atoms with Gasteiger partial charge < -0.3 is 79.7 Å². The molecule has 0 aliphatic heterocycles. The van der Waals surface area contributed by atoms with Gasteiger partial charge in [-0.2, -0.15) is 0 Å². The Hall–Kier alpha value is -7.06. The molecule has 8 rings (SSSR count). The van der Waals surface area contributed by atoms with E-state index < -0.39 is 106 Å². The number of aromatic carboxylic acids is 4. The van der Waals surface area contributed by atoms with Crippen molar-refractivity contribution in [3.05, 3.63) is 217 Å². The van der Waals surface area contributed by atoms with Gasteiger partial charge in [0, 0.05) is 133 Å². The first-order chi connectivity index (χ1) is 35.6. The maximum absolute atomic E-state index is 10.5. The van der Waals surface area contributed by atoms with Crippen LogP contribution in [0.5, 0.6) is 0 Å². The molecule has 0 bridgehead atoms. The topological polar surface area (TPSA) is 560 Å². The molecule has 0 saturated heterocycles. The number of carbonyl (C=O) groups is 4. The number of carboxylic acid groups (broad SMARTS) is 4. The Bertz CT molecular complexity index is 3240. The van der Waals surface area contributed by atoms with E-state index in [4.69, 9.17) is 0 Å². The second-order valence-electron chi connectivity index (χ2n) is 14.1. The summed E-state index contributed by atoms with van der Waals surface area (Å²) in [5.74, 6) is -6.74. The Morgan fingerprint density at radius 1 is 0.268 bits per heavy atom. The predicted octanol–water partition coefficient (Wildman–Crippen LogP) is -2.69. The van der Waals surface area contributed by atoms with Gasteiger partial charge in [-0.1, -0.05) is 72.8 Å². The average Bonchev–Trinajstić information content (AvgIpc) is 3.39. The van der Waals surface area contributed by atoms with Crippen LogP contribution in [0.15, 0.2) is 215 Å². The molecule has 436 valence electrons. The molecule has 8 aromatic rings. The number of H-pyrrole nitrogens is 4. The molecule has 0 aliphatic rings. The van der Waals surface area contributed by atoms with E-state index in [0.717, 1.165) is 48.5 Å². The zero-order valence-electron chi connectivity index (χ0n) is 40.9. The molecule has 0 atom stereocenters. The van der Waals surface area contributed by atoms with Crippen LogP contribution in [0.1, 0.15) is 41.4 Å². The Kier molecular flexibility index (Phi) is 38.3. The SMILES string of the molecule is O=C([O-])c1ccccc1S(=O)(=O)[O-].O=C([O-])c1ccccc1S(=O)(=O)[O-].O=C([O-])c1ccccc1S(=O)(=O)[O-].O=C([O-])c1ccccc1S(=O)(=O)[O-].[O-2].[O-2].[O-2].[O-2].[U].[U].c1cc(-c2cc[nH+]cc2)cc[nH+]1.c1cc(-c2cc[nH+]cc2)cc[nH+]1. The number of rotatable bonds is 10. The van der Waals surface area contributed by atoms with Crippen LogP contribution in [-0.2, 0) is 62.4 Å². The van der Waals surface area contributed by atoms with Crippen molar-refractivity contribution in [2.24, 2.45) is 0 Å². The van der Waals surface area contributed by atoms with Crippen LogP contribution in [0.2, 0.25) is 0 Å². The predicted molar refractivity (Wildman–Crippen MR) is 248 cm³/mol. The summed E-state index contributed by atoms with van der Waals surface area (Å²) in [7, 11) is -19.0. The Morgan fingerprint density at radius 2 is 0.402 bits per heavy atom. The van der Waals surface area contributed by atoms with Gasteiger partial charge in [-0.15, -0.1) is 0 Å². The van der Waals surface area contributed by atoms with E-state index in [9.17, 15) is 91.5 Å². The maximum Gasteiger partial charge on any atom is 0.167 e. The standard InChI is InChI=1S/2C10H8N2.4C7H6O5S.4O.2U/c2*1-5-11-6-2-9(1)10-3-7-12-8-4-10;4*8-7(9)5-3-1-2-4-6(5)13(10,11)12;;;;;;/h2*1-8H;4*1-4H,(H,8,9)(H,10,11,12);;;;;;/q;;;;;;4*-2;;/p-4. The third-order valence-electron chi connectivity index (χ3n) is 9.04. The molecule has 34 heteroatoms. The van der Waals surface area contributed by atoms with Crippen molar-refractivity contribution in [2.45, 2.75) is 19.6 Å². The normalized spacial score (nSPS) is 9.90. The summed E-state index contributed by atoms with van der Waals surface area (Å²) in [4.78, 5) is 50.3. The summed E-state index contributed by atoms with van der Waals surface area (Å²) in [5.41, 5.74) is 2.45. The molecule has 0 radical (unpaired) electrons. The second-order valence-corrected chi connectivity index (χ2v) is 19.5. The van der Waals surface area contributed by atoms with Crippen molar-refractivity contribution < 1.29 is 196 Å². The molecule has 0 amide bonds. The van der Waals surface area contributed by atoms with Crippen molar-refractivity contribution in [2.75, 3.05) is 0 Å². The smallest absolute Gasteiger partial charge is 0.167 e. The van der Waals surface area contributed by atoms with Crippen LogP contribution in [0, 0.1) is 62.2 Å². The number of hydrogen-bond donors (Lipinski definition) is 0. The fraction of sp³-hybridized carbons (Fsp3) is 0. The summed E-state index contributed by atoms with van der Waals surface area (Å²) >= 11 is 0. The maximum atomic E-state index is 10.5. The molecule has 0 spiro atoms. The van der Waals surface area contributed by atoms with Crippen molar-refractivity contribution in [1.82, 2.24) is 0 Å². The van der Waals surface area contributed by atoms with Crippen LogP contribution < -0.4 is 40.4 Å². The Labute approximate surface area is 514 Å². The van der Waals surface area contributed by atoms with E-state index in [1.54, 1.807) is 0 Å². The van der Waals surface area contributed by atoms with E-state index in [2.05, 4.69) is 68.5 Å². The van der Waals surface area contributed by atoms with Crippen molar-refractivity contribution >= 4 is 64.3 Å². The zero-order chi connectivity index (χ0) is 56.7. The van der Waals surface area contributed by atoms with Crippen LogP contribution in [0.4, 0.5) is 0 Å². The summed E-state index contributed by atoms with van der Waals surface area (Å²) in [5, 5.41) is 41.4. The van der Waals surface area contributed by atoms with Gasteiger partial charge in [-0.25, -0.2) is 53.6 Å². The molecule has 82 heavy (non-hydrogen) atoms. The van der Waals surface area contributed by atoms with Crippen LogP contribution >= 0.6 is 0 Å². The van der Waals surface area contributed by atoms with Gasteiger partial charge in [0.2, 0.25) is 0 Å². The minimum absolute atomic E-state index is 0. The fourth-order valence-corrected chi connectivity index (χ4v) is 8.39. The first-order valence-electron chi connectivity index (χ1n) is 20.5. The number of pyridine rings is 4. The van der Waals surface area contributed by atoms with E-state index in [-0.39, 0.29) is 84.1 Å². The minimum atomic E-state index is -4.75. The van der Waals surface area contributed by atoms with Crippen LogP contribution in [0.3, 0.4) is 0 Å². The van der Waals surface area contributed by atoms with Gasteiger partial charge in [0.15, 0.2) is 49.6 Å². The molecule has 28 nitrogen and oxygen atoms in total. The average molecular weight is 1660 g/mol. The quantitative estimate of drug-likeness (QED) is 0.126. The molecule has 0 saturated carbocycles. The van der Waals surface area contributed by atoms with Crippen molar-refractivity contribution in [3.8, 4) is 22.3 Å². The zero-order valence-corrected chi connectivity index (χ0v) is 52.5. The summed E-state index contributed by atoms with van der Waals surface area (Å²) in [6.45, 7) is 0. The molecule has 4 heterocycles. The van der Waals surface area contributed by atoms with E-state index in [0.29, 0.717) is 0 Å². The number of carboxylic acids is 4. The number of aromatic nitrogens is 4. The van der Waals surface area contributed by atoms with Gasteiger partial charge >= 0.3 is 0 Å². The van der Waals surface area contributed by atoms with Crippen LogP contribution in [-0.4, -0.2) is 75.8 Å². The Balaban J connectivity index is -0.000000439. The summed E-state index contributed by atoms with van der Waals surface area (Å²) in [6.07, 6.45) is 15.4. The second kappa shape index (κ2) is 38.6. The van der Waals surface area contributed by atoms with Gasteiger partial charge in [-0.05, 0) is 46.5 Å². The number of aromatic amines is 4. The van der Waals surface area contributed by atoms with E-state index in [1.165, 1.54) is 70.8 Å². The third-order valence-corrected chi connectivity index (χ3v) is 12.6. The monoisotopic (exact) mass is 1660 g/mol. The molecule has 0 fully saturated rings. The number of hydrogen-bond acceptors (Lipinski definition) is 20. The summed E-state index contributed by atoms with van der Waals surface area (Å²) < 4.78 is 126. The number of carbonyl (C=O) groups excluding carboxylic acids is 4. The van der Waals surface area contributed by atoms with E-state index in [1.807, 2.05) is 49.6 Å². The molecule has 0 unspecified atom stereocenters. The third kappa shape index (κ3) is 27.6. The number of benzene rings is 4. The van der Waals surface area contributed by atoms with Gasteiger partial charge in [-0.3, -0.25) is 0 Å². The molecule has 4 aromatic heterocycles. The van der Waals surface area contributed by atoms with Crippen LogP contribution in [0.25, 0.3) is 22.3 Å². The minimum Gasteiger partial charge on any atom is -2.00 e. The first kappa shape index (κ1) is 81.4. The van der Waals surface area contributed by atoms with Crippen molar-refractivity contribution in [3.63, 3.8) is 0 Å². The molecular weight excluding hydrogens is 1620 g/mol. The first-order valence-corrected chi connectivity index (χ1v) is 26.2. The van der Waals surface area contributed by atoms with Gasteiger partial charge in [0.1, 0.15) is 40.5 Å². The van der Waals surface area contributed by atoms with Gasteiger partial charge in [0.05, 0.1) is 43.5 Å².